The molecule has 0 saturated carbocycles. The zero-order chi connectivity index (χ0) is 16.9. The van der Waals surface area contributed by atoms with Gasteiger partial charge in [0.25, 0.3) is 0 Å². The lowest BCUT2D eigenvalue weighted by atomic mass is 10.0. The first-order chi connectivity index (χ1) is 11.7. The largest absolute Gasteiger partial charge is 0.393 e. The topological polar surface area (TPSA) is 59.3 Å². The van der Waals surface area contributed by atoms with Gasteiger partial charge in [-0.25, -0.2) is 0 Å². The number of nitriles is 1. The van der Waals surface area contributed by atoms with Crippen molar-refractivity contribution in [3.05, 3.63) is 58.6 Å². The van der Waals surface area contributed by atoms with Crippen LogP contribution in [0.1, 0.15) is 24.0 Å². The van der Waals surface area contributed by atoms with Gasteiger partial charge in [-0.1, -0.05) is 23.7 Å². The van der Waals surface area contributed by atoms with Gasteiger partial charge >= 0.3 is 0 Å². The van der Waals surface area contributed by atoms with Crippen LogP contribution in [-0.2, 0) is 6.54 Å². The molecule has 0 radical (unpaired) electrons. The maximum atomic E-state index is 9.63. The molecule has 2 N–H and O–H groups in total. The van der Waals surface area contributed by atoms with E-state index in [9.17, 15) is 10.4 Å². The SMILES string of the molecule is N#Cc1cc(NCc2cccc(Cl)c2)ccc1N1CCC(O)CC1. The van der Waals surface area contributed by atoms with E-state index in [1.165, 1.54) is 0 Å². The number of nitrogens with one attached hydrogen (secondary N) is 1. The summed E-state index contributed by atoms with van der Waals surface area (Å²) in [5, 5.41) is 23.2. The van der Waals surface area contributed by atoms with Crippen LogP contribution in [0.5, 0.6) is 0 Å². The van der Waals surface area contributed by atoms with E-state index in [0.29, 0.717) is 12.1 Å². The number of benzene rings is 2. The average molecular weight is 342 g/mol. The summed E-state index contributed by atoms with van der Waals surface area (Å²) in [6.45, 7) is 2.22. The van der Waals surface area contributed by atoms with Gasteiger partial charge in [0.05, 0.1) is 17.4 Å². The Bertz CT molecular complexity index is 749. The summed E-state index contributed by atoms with van der Waals surface area (Å²) in [4.78, 5) is 2.17. The number of aliphatic hydroxyl groups is 1. The third kappa shape index (κ3) is 4.00. The predicted molar refractivity (Wildman–Crippen MR) is 97.4 cm³/mol. The number of nitrogens with zero attached hydrogens (tertiary/aromatic N) is 2. The van der Waals surface area contributed by atoms with Crippen LogP contribution in [-0.4, -0.2) is 24.3 Å². The molecule has 124 valence electrons. The maximum Gasteiger partial charge on any atom is 0.101 e. The molecule has 1 fully saturated rings. The van der Waals surface area contributed by atoms with Crippen molar-refractivity contribution in [2.45, 2.75) is 25.5 Å². The summed E-state index contributed by atoms with van der Waals surface area (Å²) < 4.78 is 0. The van der Waals surface area contributed by atoms with Crippen molar-refractivity contribution in [2.75, 3.05) is 23.3 Å². The van der Waals surface area contributed by atoms with Crippen molar-refractivity contribution in [1.82, 2.24) is 0 Å². The third-order valence-electron chi connectivity index (χ3n) is 4.31. The number of halogens is 1. The van der Waals surface area contributed by atoms with Gasteiger partial charge in [0.2, 0.25) is 0 Å². The van der Waals surface area contributed by atoms with Crippen molar-refractivity contribution in [2.24, 2.45) is 0 Å². The molecule has 0 atom stereocenters. The Labute approximate surface area is 147 Å². The smallest absolute Gasteiger partial charge is 0.101 e. The Morgan fingerprint density at radius 3 is 2.71 bits per heavy atom. The lowest BCUT2D eigenvalue weighted by Gasteiger charge is -2.32. The first-order valence-corrected chi connectivity index (χ1v) is 8.49. The van der Waals surface area contributed by atoms with E-state index in [1.54, 1.807) is 0 Å². The highest BCUT2D eigenvalue weighted by molar-refractivity contribution is 6.30. The van der Waals surface area contributed by atoms with Gasteiger partial charge < -0.3 is 15.3 Å². The molecule has 0 unspecified atom stereocenters. The van der Waals surface area contributed by atoms with Crippen LogP contribution in [0.3, 0.4) is 0 Å². The van der Waals surface area contributed by atoms with Gasteiger partial charge in [0.15, 0.2) is 0 Å². The third-order valence-corrected chi connectivity index (χ3v) is 4.54. The summed E-state index contributed by atoms with van der Waals surface area (Å²) in [7, 11) is 0. The van der Waals surface area contributed by atoms with Gasteiger partial charge in [-0.05, 0) is 48.7 Å². The first-order valence-electron chi connectivity index (χ1n) is 8.11. The molecule has 1 aliphatic rings. The lowest BCUT2D eigenvalue weighted by molar-refractivity contribution is 0.145. The Kier molecular flexibility index (Phi) is 5.24. The minimum Gasteiger partial charge on any atom is -0.393 e. The van der Waals surface area contributed by atoms with Crippen LogP contribution >= 0.6 is 11.6 Å². The number of aliphatic hydroxyl groups excluding tert-OH is 1. The summed E-state index contributed by atoms with van der Waals surface area (Å²) in [6.07, 6.45) is 1.28. The number of hydrogen-bond acceptors (Lipinski definition) is 4. The molecule has 0 spiro atoms. The zero-order valence-corrected chi connectivity index (χ0v) is 14.1. The highest BCUT2D eigenvalue weighted by atomic mass is 35.5. The van der Waals surface area contributed by atoms with Crippen LogP contribution in [0.4, 0.5) is 11.4 Å². The standard InChI is InChI=1S/C19H20ClN3O/c20-16-3-1-2-14(10-16)13-22-17-4-5-19(15(11-17)12-21)23-8-6-18(24)7-9-23/h1-5,10-11,18,22,24H,6-9,13H2. The molecule has 0 aliphatic carbocycles. The average Bonchev–Trinajstić information content (AvgIpc) is 2.60. The molecule has 2 aromatic rings. The quantitative estimate of drug-likeness (QED) is 0.888. The zero-order valence-electron chi connectivity index (χ0n) is 13.4. The summed E-state index contributed by atoms with van der Waals surface area (Å²) >= 11 is 6.00. The second kappa shape index (κ2) is 7.57. The Balaban J connectivity index is 1.71. The number of hydrogen-bond donors (Lipinski definition) is 2. The van der Waals surface area contributed by atoms with Crippen molar-refractivity contribution < 1.29 is 5.11 Å². The number of piperidine rings is 1. The van der Waals surface area contributed by atoms with Crippen molar-refractivity contribution >= 4 is 23.0 Å². The Morgan fingerprint density at radius 2 is 2.00 bits per heavy atom. The molecule has 0 amide bonds. The van der Waals surface area contributed by atoms with E-state index in [-0.39, 0.29) is 6.10 Å². The second-order valence-corrected chi connectivity index (χ2v) is 6.48. The molecule has 3 rings (SSSR count). The predicted octanol–water partition coefficient (Wildman–Crippen LogP) is 3.78. The van der Waals surface area contributed by atoms with Gasteiger partial charge in [-0.2, -0.15) is 5.26 Å². The number of anilines is 2. The van der Waals surface area contributed by atoms with Gasteiger partial charge in [0, 0.05) is 30.3 Å². The van der Waals surface area contributed by atoms with E-state index in [4.69, 9.17) is 11.6 Å². The van der Waals surface area contributed by atoms with Crippen LogP contribution in [0.2, 0.25) is 5.02 Å². The number of rotatable bonds is 4. The lowest BCUT2D eigenvalue weighted by Crippen LogP contribution is -2.36. The molecule has 5 heteroatoms. The summed E-state index contributed by atoms with van der Waals surface area (Å²) in [5.74, 6) is 0. The minimum absolute atomic E-state index is 0.217. The monoisotopic (exact) mass is 341 g/mol. The minimum atomic E-state index is -0.217. The van der Waals surface area contributed by atoms with E-state index in [2.05, 4.69) is 16.3 Å². The van der Waals surface area contributed by atoms with Crippen molar-refractivity contribution in [3.63, 3.8) is 0 Å². The summed E-state index contributed by atoms with van der Waals surface area (Å²) in [6, 6.07) is 15.9. The first kappa shape index (κ1) is 16.6. The molecule has 4 nitrogen and oxygen atoms in total. The van der Waals surface area contributed by atoms with Crippen LogP contribution < -0.4 is 10.2 Å². The van der Waals surface area contributed by atoms with E-state index in [0.717, 1.165) is 47.9 Å². The van der Waals surface area contributed by atoms with E-state index >= 15 is 0 Å². The van der Waals surface area contributed by atoms with Crippen LogP contribution in [0.15, 0.2) is 42.5 Å². The molecule has 1 aliphatic heterocycles. The second-order valence-electron chi connectivity index (χ2n) is 6.05. The van der Waals surface area contributed by atoms with Gasteiger partial charge in [-0.15, -0.1) is 0 Å². The highest BCUT2D eigenvalue weighted by Crippen LogP contribution is 2.27. The fourth-order valence-electron chi connectivity index (χ4n) is 2.97. The molecule has 2 aromatic carbocycles. The summed E-state index contributed by atoms with van der Waals surface area (Å²) in [5.41, 5.74) is 3.60. The Morgan fingerprint density at radius 1 is 1.21 bits per heavy atom. The van der Waals surface area contributed by atoms with Gasteiger partial charge in [0.1, 0.15) is 6.07 Å². The maximum absolute atomic E-state index is 9.63. The molecule has 0 bridgehead atoms. The fraction of sp³-hybridized carbons (Fsp3) is 0.316. The van der Waals surface area contributed by atoms with E-state index in [1.807, 2.05) is 42.5 Å². The molecular formula is C19H20ClN3O. The van der Waals surface area contributed by atoms with Crippen LogP contribution in [0.25, 0.3) is 0 Å². The van der Waals surface area contributed by atoms with E-state index < -0.39 is 0 Å². The molecule has 1 heterocycles. The normalized spacial score (nSPS) is 15.1. The van der Waals surface area contributed by atoms with Gasteiger partial charge in [-0.3, -0.25) is 0 Å². The van der Waals surface area contributed by atoms with Crippen molar-refractivity contribution in [1.29, 1.82) is 5.26 Å². The molecule has 24 heavy (non-hydrogen) atoms. The Hall–Kier alpha value is -2.22. The molecular weight excluding hydrogens is 322 g/mol. The fourth-order valence-corrected chi connectivity index (χ4v) is 3.18. The van der Waals surface area contributed by atoms with Crippen LogP contribution in [0, 0.1) is 11.3 Å². The van der Waals surface area contributed by atoms with Crippen molar-refractivity contribution in [3.8, 4) is 6.07 Å². The highest BCUT2D eigenvalue weighted by Gasteiger charge is 2.19. The molecule has 1 saturated heterocycles. The molecule has 0 aromatic heterocycles.